The summed E-state index contributed by atoms with van der Waals surface area (Å²) in [5.74, 6) is 1.22. The average Bonchev–Trinajstić information content (AvgIpc) is 3.63. The van der Waals surface area contributed by atoms with Crippen LogP contribution in [0.2, 0.25) is 0 Å². The fraction of sp³-hybridized carbons (Fsp3) is 0.481. The minimum Gasteiger partial charge on any atom is -0.476 e. The molecule has 0 bridgehead atoms. The Morgan fingerprint density at radius 2 is 1.65 bits per heavy atom. The first-order valence-corrected chi connectivity index (χ1v) is 13.0. The zero-order valence-electron chi connectivity index (χ0n) is 20.3. The lowest BCUT2D eigenvalue weighted by molar-refractivity contribution is -0.142. The van der Waals surface area contributed by atoms with Crippen molar-refractivity contribution in [2.24, 2.45) is 0 Å². The zero-order valence-corrected chi connectivity index (χ0v) is 22.4. The van der Waals surface area contributed by atoms with Crippen LogP contribution < -0.4 is 4.74 Å². The molecule has 2 atom stereocenters. The van der Waals surface area contributed by atoms with Gasteiger partial charge in [0, 0.05) is 34.8 Å². The van der Waals surface area contributed by atoms with Gasteiger partial charge in [-0.25, -0.2) is 4.79 Å². The molecule has 0 unspecified atom stereocenters. The Balaban J connectivity index is 1.50. The maximum Gasteiger partial charge on any atom is 0.410 e. The van der Waals surface area contributed by atoms with E-state index in [4.69, 9.17) is 9.47 Å². The zero-order chi connectivity index (χ0) is 24.5. The van der Waals surface area contributed by atoms with Crippen LogP contribution >= 0.6 is 22.6 Å². The molecule has 2 amide bonds. The van der Waals surface area contributed by atoms with E-state index in [-0.39, 0.29) is 18.0 Å². The van der Waals surface area contributed by atoms with Crippen molar-refractivity contribution in [2.75, 3.05) is 19.6 Å². The van der Waals surface area contributed by atoms with Crippen LogP contribution in [0, 0.1) is 3.57 Å². The lowest BCUT2D eigenvalue weighted by atomic mass is 10.0. The third-order valence-corrected chi connectivity index (χ3v) is 6.87. The van der Waals surface area contributed by atoms with Gasteiger partial charge in [-0.1, -0.05) is 24.3 Å². The first kappa shape index (κ1) is 24.8. The quantitative estimate of drug-likeness (QED) is 0.425. The van der Waals surface area contributed by atoms with Crippen molar-refractivity contribution in [3.05, 3.63) is 63.2 Å². The normalized spacial score (nSPS) is 19.5. The summed E-state index contributed by atoms with van der Waals surface area (Å²) in [7, 11) is 0. The summed E-state index contributed by atoms with van der Waals surface area (Å²) >= 11 is 2.25. The SMILES string of the molecule is C[C@@H]1CN(C(=O)[C@H](Oc2ccc(I)cc2)c2ccc(C3CC3)cc2)CCN1C(=O)OC(C)(C)C. The van der Waals surface area contributed by atoms with Gasteiger partial charge in [-0.05, 0) is 98.9 Å². The van der Waals surface area contributed by atoms with Gasteiger partial charge in [-0.3, -0.25) is 4.79 Å². The lowest BCUT2D eigenvalue weighted by Gasteiger charge is -2.41. The second-order valence-corrected chi connectivity index (χ2v) is 11.4. The number of hydrogen-bond acceptors (Lipinski definition) is 4. The van der Waals surface area contributed by atoms with Gasteiger partial charge >= 0.3 is 6.09 Å². The number of halogens is 1. The minimum absolute atomic E-state index is 0.0894. The van der Waals surface area contributed by atoms with E-state index in [1.165, 1.54) is 18.4 Å². The van der Waals surface area contributed by atoms with Gasteiger partial charge in [0.15, 0.2) is 0 Å². The summed E-state index contributed by atoms with van der Waals surface area (Å²) in [6.45, 7) is 8.82. The Morgan fingerprint density at radius 1 is 1.00 bits per heavy atom. The van der Waals surface area contributed by atoms with Gasteiger partial charge in [-0.15, -0.1) is 0 Å². The van der Waals surface area contributed by atoms with Crippen molar-refractivity contribution >= 4 is 34.6 Å². The van der Waals surface area contributed by atoms with Crippen molar-refractivity contribution in [1.82, 2.24) is 9.80 Å². The topological polar surface area (TPSA) is 59.1 Å². The van der Waals surface area contributed by atoms with Crippen LogP contribution in [-0.2, 0) is 9.53 Å². The van der Waals surface area contributed by atoms with Crippen LogP contribution in [0.5, 0.6) is 5.75 Å². The third kappa shape index (κ3) is 6.23. The van der Waals surface area contributed by atoms with Crippen molar-refractivity contribution in [1.29, 1.82) is 0 Å². The summed E-state index contributed by atoms with van der Waals surface area (Å²) < 4.78 is 12.9. The van der Waals surface area contributed by atoms with Crippen molar-refractivity contribution in [2.45, 2.75) is 64.2 Å². The molecule has 182 valence electrons. The van der Waals surface area contributed by atoms with Gasteiger partial charge < -0.3 is 19.3 Å². The summed E-state index contributed by atoms with van der Waals surface area (Å²) in [5.41, 5.74) is 1.61. The van der Waals surface area contributed by atoms with Gasteiger partial charge in [0.2, 0.25) is 6.10 Å². The Hall–Kier alpha value is -2.29. The molecular weight excluding hydrogens is 543 g/mol. The highest BCUT2D eigenvalue weighted by atomic mass is 127. The Morgan fingerprint density at radius 3 is 2.21 bits per heavy atom. The molecule has 4 rings (SSSR count). The highest BCUT2D eigenvalue weighted by Gasteiger charge is 2.36. The largest absolute Gasteiger partial charge is 0.476 e. The van der Waals surface area contributed by atoms with E-state index in [0.29, 0.717) is 31.3 Å². The molecule has 0 N–H and O–H groups in total. The van der Waals surface area contributed by atoms with Crippen LogP contribution in [0.25, 0.3) is 0 Å². The van der Waals surface area contributed by atoms with E-state index in [9.17, 15) is 9.59 Å². The highest BCUT2D eigenvalue weighted by Crippen LogP contribution is 2.40. The molecule has 34 heavy (non-hydrogen) atoms. The molecule has 2 fully saturated rings. The minimum atomic E-state index is -0.742. The molecule has 0 aromatic heterocycles. The molecule has 1 saturated heterocycles. The number of ether oxygens (including phenoxy) is 2. The van der Waals surface area contributed by atoms with Crippen molar-refractivity contribution in [3.8, 4) is 5.75 Å². The third-order valence-electron chi connectivity index (χ3n) is 6.15. The van der Waals surface area contributed by atoms with Gasteiger partial charge in [-0.2, -0.15) is 0 Å². The van der Waals surface area contributed by atoms with E-state index in [1.807, 2.05) is 64.1 Å². The number of carbonyl (C=O) groups excluding carboxylic acids is 2. The Bertz CT molecular complexity index is 1010. The van der Waals surface area contributed by atoms with Gasteiger partial charge in [0.05, 0.1) is 0 Å². The van der Waals surface area contributed by atoms with Crippen LogP contribution in [0.4, 0.5) is 4.79 Å². The predicted octanol–water partition coefficient (Wildman–Crippen LogP) is 5.76. The predicted molar refractivity (Wildman–Crippen MR) is 140 cm³/mol. The summed E-state index contributed by atoms with van der Waals surface area (Å²) in [5, 5.41) is 0. The number of piperazine rings is 1. The van der Waals surface area contributed by atoms with E-state index in [2.05, 4.69) is 34.7 Å². The molecule has 6 nitrogen and oxygen atoms in total. The highest BCUT2D eigenvalue weighted by molar-refractivity contribution is 14.1. The molecule has 1 heterocycles. The van der Waals surface area contributed by atoms with Gasteiger partial charge in [0.25, 0.3) is 5.91 Å². The van der Waals surface area contributed by atoms with E-state index in [1.54, 1.807) is 9.80 Å². The molecule has 2 aromatic carbocycles. The average molecular weight is 576 g/mol. The first-order chi connectivity index (χ1) is 16.1. The standard InChI is InChI=1S/C27H33IN2O4/c1-18-17-29(15-16-30(18)26(32)34-27(2,3)4)25(31)24(33-23-13-11-22(28)12-14-23)21-9-7-20(8-10-21)19-5-6-19/h7-14,18-19,24H,5-6,15-17H2,1-4H3/t18-,24-/m1/s1. The molecule has 1 aliphatic carbocycles. The lowest BCUT2D eigenvalue weighted by Crippen LogP contribution is -2.57. The number of rotatable bonds is 5. The van der Waals surface area contributed by atoms with Crippen LogP contribution in [0.1, 0.15) is 63.7 Å². The van der Waals surface area contributed by atoms with E-state index < -0.39 is 11.7 Å². The molecule has 0 radical (unpaired) electrons. The van der Waals surface area contributed by atoms with Gasteiger partial charge in [0.1, 0.15) is 11.4 Å². The summed E-state index contributed by atoms with van der Waals surface area (Å²) in [6, 6.07) is 15.8. The van der Waals surface area contributed by atoms with Crippen LogP contribution in [0.3, 0.4) is 0 Å². The van der Waals surface area contributed by atoms with Crippen molar-refractivity contribution < 1.29 is 19.1 Å². The van der Waals surface area contributed by atoms with Crippen molar-refractivity contribution in [3.63, 3.8) is 0 Å². The number of nitrogens with zero attached hydrogens (tertiary/aromatic N) is 2. The second-order valence-electron chi connectivity index (χ2n) is 10.2. The second kappa shape index (κ2) is 10.1. The molecular formula is C27H33IN2O4. The molecule has 2 aromatic rings. The van der Waals surface area contributed by atoms with Crippen LogP contribution in [-0.4, -0.2) is 53.1 Å². The molecule has 0 spiro atoms. The molecule has 2 aliphatic rings. The smallest absolute Gasteiger partial charge is 0.410 e. The number of benzene rings is 2. The fourth-order valence-corrected chi connectivity index (χ4v) is 4.54. The fourth-order valence-electron chi connectivity index (χ4n) is 4.19. The Kier molecular flexibility index (Phi) is 7.40. The molecule has 1 aliphatic heterocycles. The number of amides is 2. The summed E-state index contributed by atoms with van der Waals surface area (Å²) in [6.07, 6.45) is 1.39. The summed E-state index contributed by atoms with van der Waals surface area (Å²) in [4.78, 5) is 29.8. The van der Waals surface area contributed by atoms with E-state index >= 15 is 0 Å². The Labute approximate surface area is 215 Å². The van der Waals surface area contributed by atoms with E-state index in [0.717, 1.165) is 9.13 Å². The number of carbonyl (C=O) groups is 2. The van der Waals surface area contributed by atoms with Crippen LogP contribution in [0.15, 0.2) is 48.5 Å². The first-order valence-electron chi connectivity index (χ1n) is 11.9. The number of hydrogen-bond donors (Lipinski definition) is 0. The molecule has 1 saturated carbocycles. The maximum atomic E-state index is 13.7. The maximum absolute atomic E-state index is 13.7. The monoisotopic (exact) mass is 576 g/mol. The molecule has 7 heteroatoms.